The molecule has 0 spiro atoms. The van der Waals surface area contributed by atoms with E-state index in [-0.39, 0.29) is 21.7 Å². The van der Waals surface area contributed by atoms with Gasteiger partial charge in [0, 0.05) is 15.9 Å². The molecule has 0 aliphatic carbocycles. The fourth-order valence-corrected chi connectivity index (χ4v) is 4.01. The first kappa shape index (κ1) is 20.6. The number of carboxylic acids is 2. The van der Waals surface area contributed by atoms with Gasteiger partial charge in [0.25, 0.3) is 4.92 Å². The zero-order chi connectivity index (χ0) is 20.0. The fraction of sp³-hybridized carbons (Fsp3) is 0.125. The normalized spacial score (nSPS) is 10.3. The Morgan fingerprint density at radius 1 is 0.963 bits per heavy atom. The summed E-state index contributed by atoms with van der Waals surface area (Å²) < 4.78 is 0. The van der Waals surface area contributed by atoms with Crippen molar-refractivity contribution in [1.82, 2.24) is 0 Å². The van der Waals surface area contributed by atoms with E-state index in [2.05, 4.69) is 10.3 Å². The highest BCUT2D eigenvalue weighted by Gasteiger charge is 2.25. The van der Waals surface area contributed by atoms with Gasteiger partial charge >= 0.3 is 17.6 Å². The highest BCUT2D eigenvalue weighted by Crippen LogP contribution is 2.40. The molecular formula is C16H15N2O7S2+. The lowest BCUT2D eigenvalue weighted by Gasteiger charge is -2.09. The van der Waals surface area contributed by atoms with Crippen molar-refractivity contribution >= 4 is 44.9 Å². The van der Waals surface area contributed by atoms with Crippen molar-refractivity contribution in [3.63, 3.8) is 0 Å². The molecule has 2 rings (SSSR count). The molecule has 0 atom stereocenters. The third-order valence-electron chi connectivity index (χ3n) is 3.23. The quantitative estimate of drug-likeness (QED) is 0.414. The van der Waals surface area contributed by atoms with E-state index < -0.39 is 11.9 Å². The number of carbonyl (C=O) groups is 2. The molecule has 0 saturated heterocycles. The largest absolute Gasteiger partial charge is 0.478 e. The number of aromatic carboxylic acids is 2. The number of hydrogen-bond acceptors (Lipinski definition) is 8. The SMILES string of the molecule is CONc1ccc(SSc2ccc([N+](=O)OC)c(C(=O)O)c2)cc1C(=O)O. The van der Waals surface area contributed by atoms with E-state index in [1.54, 1.807) is 18.2 Å². The van der Waals surface area contributed by atoms with E-state index in [9.17, 15) is 24.7 Å². The topological polar surface area (TPSA) is 125 Å². The molecule has 0 amide bonds. The Bertz CT molecular complexity index is 889. The highest BCUT2D eigenvalue weighted by atomic mass is 33.1. The molecule has 3 N–H and O–H groups in total. The minimum atomic E-state index is -1.27. The molecule has 0 saturated carbocycles. The summed E-state index contributed by atoms with van der Waals surface area (Å²) in [6.45, 7) is 0. The third-order valence-corrected chi connectivity index (χ3v) is 5.61. The van der Waals surface area contributed by atoms with E-state index in [4.69, 9.17) is 4.84 Å². The molecule has 2 aromatic rings. The average molecular weight is 411 g/mol. The Balaban J connectivity index is 2.22. The maximum atomic E-state index is 11.6. The van der Waals surface area contributed by atoms with E-state index in [0.717, 1.165) is 7.11 Å². The third kappa shape index (κ3) is 5.12. The maximum absolute atomic E-state index is 11.6. The summed E-state index contributed by atoms with van der Waals surface area (Å²) in [4.78, 5) is 44.8. The van der Waals surface area contributed by atoms with E-state index in [1.165, 1.54) is 46.9 Å². The van der Waals surface area contributed by atoms with E-state index >= 15 is 0 Å². The number of rotatable bonds is 9. The standard InChI is InChI=1S/C16H14N2O7S2/c1-24-17-13-5-3-9(7-11(13)15(19)20)26-27-10-4-6-14(18(23)25-2)12(8-10)16(21)22/h3-8,17H,1-2H3,(H-,19,20,21,22)/p+1. The molecule has 0 radical (unpaired) electrons. The molecule has 0 aromatic heterocycles. The summed E-state index contributed by atoms with van der Waals surface area (Å²) in [5.74, 6) is -2.38. The van der Waals surface area contributed by atoms with Crippen molar-refractivity contribution in [2.45, 2.75) is 9.79 Å². The Kier molecular flexibility index (Phi) is 7.05. The van der Waals surface area contributed by atoms with Gasteiger partial charge in [0.1, 0.15) is 5.56 Å². The number of nitrogens with zero attached hydrogens (tertiary/aromatic N) is 1. The average Bonchev–Trinajstić information content (AvgIpc) is 2.66. The summed E-state index contributed by atoms with van der Waals surface area (Å²) in [5.41, 5.74) is 2.51. The van der Waals surface area contributed by atoms with Gasteiger partial charge in [0.15, 0.2) is 7.11 Å². The number of carboxylic acid groups (broad SMARTS) is 2. The number of anilines is 1. The first-order chi connectivity index (χ1) is 12.9. The second-order valence-electron chi connectivity index (χ2n) is 4.91. The number of nitrogens with one attached hydrogen (secondary N) is 1. The molecule has 142 valence electrons. The minimum absolute atomic E-state index is 0.0334. The van der Waals surface area contributed by atoms with Gasteiger partial charge in [-0.1, -0.05) is 21.6 Å². The second kappa shape index (κ2) is 9.26. The van der Waals surface area contributed by atoms with Crippen molar-refractivity contribution in [3.8, 4) is 0 Å². The van der Waals surface area contributed by atoms with Crippen molar-refractivity contribution in [3.05, 3.63) is 52.4 Å². The van der Waals surface area contributed by atoms with Crippen LogP contribution in [0.2, 0.25) is 0 Å². The summed E-state index contributed by atoms with van der Waals surface area (Å²) in [6, 6.07) is 8.99. The molecule has 0 aliphatic heterocycles. The van der Waals surface area contributed by atoms with Gasteiger partial charge in [-0.3, -0.25) is 10.3 Å². The second-order valence-corrected chi connectivity index (χ2v) is 7.19. The molecule has 0 heterocycles. The van der Waals surface area contributed by atoms with Crippen LogP contribution in [-0.4, -0.2) is 41.3 Å². The molecule has 0 bridgehead atoms. The summed E-state index contributed by atoms with van der Waals surface area (Å²) in [7, 11) is 4.97. The molecule has 0 aliphatic rings. The molecule has 0 unspecified atom stereocenters. The lowest BCUT2D eigenvalue weighted by atomic mass is 10.2. The predicted molar refractivity (Wildman–Crippen MR) is 99.4 cm³/mol. The lowest BCUT2D eigenvalue weighted by Crippen LogP contribution is -2.06. The van der Waals surface area contributed by atoms with Gasteiger partial charge in [-0.15, -0.1) is 0 Å². The first-order valence-corrected chi connectivity index (χ1v) is 9.42. The van der Waals surface area contributed by atoms with Gasteiger partial charge in [0.2, 0.25) is 0 Å². The summed E-state index contributed by atoms with van der Waals surface area (Å²) >= 11 is 0. The molecule has 2 aromatic carbocycles. The van der Waals surface area contributed by atoms with Crippen molar-refractivity contribution < 1.29 is 34.4 Å². The van der Waals surface area contributed by atoms with E-state index in [0.29, 0.717) is 15.5 Å². The van der Waals surface area contributed by atoms with Crippen molar-refractivity contribution in [2.75, 3.05) is 19.7 Å². The molecule has 27 heavy (non-hydrogen) atoms. The van der Waals surface area contributed by atoms with Gasteiger partial charge < -0.3 is 10.2 Å². The van der Waals surface area contributed by atoms with Crippen molar-refractivity contribution in [1.29, 1.82) is 0 Å². The van der Waals surface area contributed by atoms with Crippen LogP contribution in [0, 0.1) is 4.91 Å². The fourth-order valence-electron chi connectivity index (χ4n) is 2.04. The van der Waals surface area contributed by atoms with Crippen LogP contribution in [0.4, 0.5) is 11.4 Å². The zero-order valence-corrected chi connectivity index (χ0v) is 15.8. The maximum Gasteiger partial charge on any atom is 0.342 e. The zero-order valence-electron chi connectivity index (χ0n) is 14.2. The Labute approximate surface area is 161 Å². The van der Waals surface area contributed by atoms with Gasteiger partial charge in [0.05, 0.1) is 23.3 Å². The Morgan fingerprint density at radius 2 is 1.52 bits per heavy atom. The van der Waals surface area contributed by atoms with Crippen LogP contribution in [0.25, 0.3) is 0 Å². The monoisotopic (exact) mass is 411 g/mol. The van der Waals surface area contributed by atoms with E-state index in [1.807, 2.05) is 0 Å². The van der Waals surface area contributed by atoms with Crippen LogP contribution >= 0.6 is 21.6 Å². The van der Waals surface area contributed by atoms with Crippen LogP contribution in [0.15, 0.2) is 46.2 Å². The number of benzene rings is 2. The summed E-state index contributed by atoms with van der Waals surface area (Å²) in [6.07, 6.45) is 0. The predicted octanol–water partition coefficient (Wildman–Crippen LogP) is 3.83. The smallest absolute Gasteiger partial charge is 0.342 e. The lowest BCUT2D eigenvalue weighted by molar-refractivity contribution is -0.736. The van der Waals surface area contributed by atoms with Gasteiger partial charge in [-0.2, -0.15) is 0 Å². The van der Waals surface area contributed by atoms with Crippen molar-refractivity contribution in [2.24, 2.45) is 0 Å². The van der Waals surface area contributed by atoms with Crippen LogP contribution < -0.4 is 5.48 Å². The first-order valence-electron chi connectivity index (χ1n) is 7.27. The van der Waals surface area contributed by atoms with Gasteiger partial charge in [-0.25, -0.2) is 14.4 Å². The van der Waals surface area contributed by atoms with Crippen LogP contribution in [0.3, 0.4) is 0 Å². The Morgan fingerprint density at radius 3 is 2.04 bits per heavy atom. The minimum Gasteiger partial charge on any atom is -0.478 e. The van der Waals surface area contributed by atoms with Crippen LogP contribution in [0.5, 0.6) is 0 Å². The van der Waals surface area contributed by atoms with Crippen LogP contribution in [0.1, 0.15) is 20.7 Å². The molecule has 0 fully saturated rings. The molecule has 9 nitrogen and oxygen atoms in total. The molecule has 11 heteroatoms. The van der Waals surface area contributed by atoms with Crippen LogP contribution in [-0.2, 0) is 9.68 Å². The number of hydrogen-bond donors (Lipinski definition) is 3. The summed E-state index contributed by atoms with van der Waals surface area (Å²) in [5, 5.41) is 18.6. The Hall–Kier alpha value is -2.76. The highest BCUT2D eigenvalue weighted by molar-refractivity contribution is 8.76. The van der Waals surface area contributed by atoms with Gasteiger partial charge in [-0.05, 0) is 30.3 Å². The molecular weight excluding hydrogens is 396 g/mol.